The van der Waals surface area contributed by atoms with E-state index in [9.17, 15) is 13.5 Å². The van der Waals surface area contributed by atoms with Crippen LogP contribution in [0.15, 0.2) is 29.4 Å². The van der Waals surface area contributed by atoms with Crippen molar-refractivity contribution in [1.29, 1.82) is 0 Å². The number of sulfone groups is 1. The van der Waals surface area contributed by atoms with E-state index in [1.165, 1.54) is 11.8 Å². The summed E-state index contributed by atoms with van der Waals surface area (Å²) in [4.78, 5) is 0. The van der Waals surface area contributed by atoms with Crippen LogP contribution in [0.2, 0.25) is 5.02 Å². The molecule has 2 aliphatic rings. The van der Waals surface area contributed by atoms with Crippen molar-refractivity contribution in [2.75, 3.05) is 11.5 Å². The van der Waals surface area contributed by atoms with E-state index in [1.807, 2.05) is 24.3 Å². The summed E-state index contributed by atoms with van der Waals surface area (Å²) in [6.07, 6.45) is 3.50. The monoisotopic (exact) mass is 413 g/mol. The van der Waals surface area contributed by atoms with Crippen LogP contribution in [0.4, 0.5) is 0 Å². The number of aromatic nitrogens is 3. The number of rotatable bonds is 4. The summed E-state index contributed by atoms with van der Waals surface area (Å²) in [7, 11) is -3.20. The van der Waals surface area contributed by atoms with Crippen LogP contribution in [0, 0.1) is 0 Å². The van der Waals surface area contributed by atoms with Gasteiger partial charge in [-0.25, -0.2) is 8.42 Å². The predicted octanol–water partition coefficient (Wildman–Crippen LogP) is 2.96. The predicted molar refractivity (Wildman–Crippen MR) is 102 cm³/mol. The van der Waals surface area contributed by atoms with Crippen LogP contribution in [-0.4, -0.2) is 51.1 Å². The Kier molecular flexibility index (Phi) is 5.02. The van der Waals surface area contributed by atoms with E-state index in [0.29, 0.717) is 16.0 Å². The zero-order valence-corrected chi connectivity index (χ0v) is 16.5. The van der Waals surface area contributed by atoms with Gasteiger partial charge in [0.1, 0.15) is 0 Å². The number of nitrogens with zero attached hydrogens (tertiary/aromatic N) is 3. The van der Waals surface area contributed by atoms with Gasteiger partial charge in [0.15, 0.2) is 20.8 Å². The number of benzene rings is 1. The van der Waals surface area contributed by atoms with E-state index in [4.69, 9.17) is 11.6 Å². The fourth-order valence-electron chi connectivity index (χ4n) is 3.72. The number of halogens is 1. The van der Waals surface area contributed by atoms with Crippen molar-refractivity contribution < 1.29 is 13.5 Å². The summed E-state index contributed by atoms with van der Waals surface area (Å²) in [5, 5.41) is 19.7. The Hall–Kier alpha value is -1.09. The first kappa shape index (κ1) is 18.3. The first-order valence-corrected chi connectivity index (χ1v) is 11.8. The third kappa shape index (κ3) is 3.52. The molecule has 0 radical (unpaired) electrons. The summed E-state index contributed by atoms with van der Waals surface area (Å²) in [6, 6.07) is 7.80. The maximum absolute atomic E-state index is 11.8. The van der Waals surface area contributed by atoms with Gasteiger partial charge in [0.05, 0.1) is 27.9 Å². The van der Waals surface area contributed by atoms with Gasteiger partial charge in [-0.15, -0.1) is 10.2 Å². The van der Waals surface area contributed by atoms with Crippen LogP contribution in [0.1, 0.15) is 31.7 Å². The molecule has 1 aliphatic carbocycles. The van der Waals surface area contributed by atoms with Crippen molar-refractivity contribution in [2.45, 2.75) is 48.2 Å². The fraction of sp³-hybridized carbons (Fsp3) is 0.529. The Balaban J connectivity index is 1.72. The van der Waals surface area contributed by atoms with Gasteiger partial charge in [0.2, 0.25) is 0 Å². The first-order chi connectivity index (χ1) is 12.4. The summed E-state index contributed by atoms with van der Waals surface area (Å²) in [5.74, 6) is 0.498. The molecule has 0 bridgehead atoms. The molecule has 2 fully saturated rings. The highest BCUT2D eigenvalue weighted by atomic mass is 35.5. The van der Waals surface area contributed by atoms with Gasteiger partial charge in [-0.3, -0.25) is 4.57 Å². The molecule has 1 aromatic carbocycles. The number of thioether (sulfide) groups is 1. The normalized spacial score (nSPS) is 25.8. The van der Waals surface area contributed by atoms with Gasteiger partial charge in [0, 0.05) is 11.6 Å². The minimum Gasteiger partial charge on any atom is -0.391 e. The van der Waals surface area contributed by atoms with Gasteiger partial charge in [0.25, 0.3) is 0 Å². The topological polar surface area (TPSA) is 85.1 Å². The second-order valence-electron chi connectivity index (χ2n) is 6.89. The summed E-state index contributed by atoms with van der Waals surface area (Å²) in [6.45, 7) is 0. The molecule has 9 heteroatoms. The zero-order valence-electron chi connectivity index (χ0n) is 14.1. The van der Waals surface area contributed by atoms with Crippen LogP contribution in [0.25, 0.3) is 11.4 Å². The van der Waals surface area contributed by atoms with Crippen molar-refractivity contribution in [2.24, 2.45) is 0 Å². The van der Waals surface area contributed by atoms with E-state index in [-0.39, 0.29) is 17.5 Å². The average Bonchev–Trinajstić information content (AvgIpc) is 3.28. The molecule has 0 spiro atoms. The van der Waals surface area contributed by atoms with Crippen molar-refractivity contribution in [3.8, 4) is 11.4 Å². The second kappa shape index (κ2) is 7.14. The molecule has 2 heterocycles. The molecule has 1 saturated carbocycles. The molecule has 26 heavy (non-hydrogen) atoms. The minimum atomic E-state index is -3.20. The smallest absolute Gasteiger partial charge is 0.192 e. The highest BCUT2D eigenvalue weighted by molar-refractivity contribution is 8.01. The van der Waals surface area contributed by atoms with E-state index in [2.05, 4.69) is 14.8 Å². The van der Waals surface area contributed by atoms with Gasteiger partial charge in [-0.05, 0) is 25.0 Å². The van der Waals surface area contributed by atoms with E-state index in [0.717, 1.165) is 31.2 Å². The lowest BCUT2D eigenvalue weighted by atomic mass is 10.2. The van der Waals surface area contributed by atoms with Crippen LogP contribution >= 0.6 is 23.4 Å². The molecule has 6 nitrogen and oxygen atoms in total. The minimum absolute atomic E-state index is 0.0300. The highest BCUT2D eigenvalue weighted by Crippen LogP contribution is 2.40. The van der Waals surface area contributed by atoms with E-state index in [1.54, 1.807) is 0 Å². The molecule has 1 aromatic heterocycles. The van der Waals surface area contributed by atoms with Gasteiger partial charge in [-0.1, -0.05) is 48.3 Å². The highest BCUT2D eigenvalue weighted by Gasteiger charge is 2.39. The maximum atomic E-state index is 11.8. The van der Waals surface area contributed by atoms with Crippen LogP contribution in [0.5, 0.6) is 0 Å². The third-order valence-corrected chi connectivity index (χ3v) is 8.53. The van der Waals surface area contributed by atoms with Crippen molar-refractivity contribution in [1.82, 2.24) is 14.8 Å². The Bertz CT molecular complexity index is 910. The number of hydrogen-bond acceptors (Lipinski definition) is 6. The molecule has 4 rings (SSSR count). The lowest BCUT2D eigenvalue weighted by Gasteiger charge is -2.19. The summed E-state index contributed by atoms with van der Waals surface area (Å²) in [5.41, 5.74) is 0.819. The lowest BCUT2D eigenvalue weighted by molar-refractivity contribution is 0.207. The Morgan fingerprint density at radius 3 is 2.54 bits per heavy atom. The van der Waals surface area contributed by atoms with E-state index < -0.39 is 21.2 Å². The van der Waals surface area contributed by atoms with Crippen LogP contribution in [0.3, 0.4) is 0 Å². The van der Waals surface area contributed by atoms with Gasteiger partial charge < -0.3 is 5.11 Å². The second-order valence-corrected chi connectivity index (χ2v) is 10.7. The molecule has 1 N–H and O–H groups in total. The molecule has 140 valence electrons. The molecule has 1 saturated heterocycles. The van der Waals surface area contributed by atoms with Gasteiger partial charge >= 0.3 is 0 Å². The number of aliphatic hydroxyl groups is 1. The molecule has 0 unspecified atom stereocenters. The maximum Gasteiger partial charge on any atom is 0.192 e. The average molecular weight is 414 g/mol. The van der Waals surface area contributed by atoms with Crippen LogP contribution < -0.4 is 0 Å². The lowest BCUT2D eigenvalue weighted by Crippen LogP contribution is -2.21. The molecular formula is C17H20ClN3O3S2. The van der Waals surface area contributed by atoms with Crippen molar-refractivity contribution in [3.63, 3.8) is 0 Å². The Morgan fingerprint density at radius 1 is 1.15 bits per heavy atom. The molecule has 1 aliphatic heterocycles. The van der Waals surface area contributed by atoms with E-state index >= 15 is 0 Å². The number of hydrogen-bond donors (Lipinski definition) is 1. The fourth-order valence-corrected chi connectivity index (χ4v) is 7.53. The Labute approximate surface area is 161 Å². The van der Waals surface area contributed by atoms with Crippen molar-refractivity contribution in [3.05, 3.63) is 29.3 Å². The summed E-state index contributed by atoms with van der Waals surface area (Å²) < 4.78 is 25.7. The molecular weight excluding hydrogens is 394 g/mol. The summed E-state index contributed by atoms with van der Waals surface area (Å²) >= 11 is 7.68. The molecule has 2 atom stereocenters. The largest absolute Gasteiger partial charge is 0.391 e. The van der Waals surface area contributed by atoms with Gasteiger partial charge in [-0.2, -0.15) is 0 Å². The molecule has 0 amide bonds. The zero-order chi connectivity index (χ0) is 18.3. The molecule has 2 aromatic rings. The number of aliphatic hydroxyl groups excluding tert-OH is 1. The SMILES string of the molecule is O=S1(=O)C[C@H](O)[C@H](Sc2nnc(-c3ccccc3Cl)n2C2CCCC2)C1. The van der Waals surface area contributed by atoms with Crippen LogP contribution in [-0.2, 0) is 9.84 Å². The quantitative estimate of drug-likeness (QED) is 0.829. The first-order valence-electron chi connectivity index (χ1n) is 8.69. The standard InChI is InChI=1S/C17H20ClN3O3S2/c18-13-8-4-3-7-12(13)16-19-20-17(21(16)11-5-1-2-6-11)25-15-10-26(23,24)9-14(15)22/h3-4,7-8,11,14-15,22H,1-2,5-6,9-10H2/t14-,15+/m0/s1. The Morgan fingerprint density at radius 2 is 1.88 bits per heavy atom. The third-order valence-electron chi connectivity index (χ3n) is 5.00. The van der Waals surface area contributed by atoms with Crippen molar-refractivity contribution >= 4 is 33.2 Å².